The van der Waals surface area contributed by atoms with Crippen molar-refractivity contribution in [2.45, 2.75) is 27.2 Å². The Morgan fingerprint density at radius 1 is 1.11 bits per heavy atom. The molecule has 0 atom stereocenters. The van der Waals surface area contributed by atoms with E-state index in [-0.39, 0.29) is 5.91 Å². The van der Waals surface area contributed by atoms with Crippen molar-refractivity contribution in [1.29, 1.82) is 0 Å². The summed E-state index contributed by atoms with van der Waals surface area (Å²) in [6.45, 7) is 6.55. The summed E-state index contributed by atoms with van der Waals surface area (Å²) in [5.74, 6) is 1.82. The number of para-hydroxylation sites is 1. The molecule has 0 aromatic heterocycles. The van der Waals surface area contributed by atoms with Crippen LogP contribution in [0.1, 0.15) is 30.0 Å². The lowest BCUT2D eigenvalue weighted by Gasteiger charge is -2.13. The summed E-state index contributed by atoms with van der Waals surface area (Å²) in [4.78, 5) is 10.9. The van der Waals surface area contributed by atoms with Crippen molar-refractivity contribution in [3.05, 3.63) is 53.1 Å². The van der Waals surface area contributed by atoms with Crippen molar-refractivity contribution < 1.29 is 19.0 Å². The summed E-state index contributed by atoms with van der Waals surface area (Å²) >= 11 is 0. The summed E-state index contributed by atoms with van der Waals surface area (Å²) in [5.41, 5.74) is 5.55. The van der Waals surface area contributed by atoms with Gasteiger partial charge in [0.1, 0.15) is 5.75 Å². The highest BCUT2D eigenvalue weighted by Crippen LogP contribution is 2.30. The third-order valence-electron chi connectivity index (χ3n) is 3.94. The van der Waals surface area contributed by atoms with Gasteiger partial charge in [-0.05, 0) is 49.2 Å². The molecule has 2 rings (SSSR count). The predicted octanol–water partition coefficient (Wildman–Crippen LogP) is 3.63. The zero-order valence-corrected chi connectivity index (χ0v) is 16.2. The summed E-state index contributed by atoms with van der Waals surface area (Å²) in [6, 6.07) is 11.6. The maximum atomic E-state index is 10.9. The minimum absolute atomic E-state index is 0.236. The first-order valence-electron chi connectivity index (χ1n) is 8.80. The molecule has 0 aliphatic heterocycles. The fourth-order valence-corrected chi connectivity index (χ4v) is 2.37. The van der Waals surface area contributed by atoms with E-state index in [1.807, 2.05) is 30.3 Å². The number of hydrogen-bond donors (Lipinski definition) is 1. The molecule has 0 spiro atoms. The molecule has 0 heterocycles. The van der Waals surface area contributed by atoms with Crippen molar-refractivity contribution in [3.8, 4) is 17.2 Å². The van der Waals surface area contributed by atoms with Crippen LogP contribution in [0.3, 0.4) is 0 Å². The molecule has 27 heavy (non-hydrogen) atoms. The summed E-state index contributed by atoms with van der Waals surface area (Å²) in [5, 5.41) is 3.89. The molecular formula is C21H26N2O4. The molecule has 6 heteroatoms. The molecule has 6 nitrogen and oxygen atoms in total. The van der Waals surface area contributed by atoms with Crippen LogP contribution >= 0.6 is 0 Å². The smallest absolute Gasteiger partial charge is 0.236 e. The van der Waals surface area contributed by atoms with E-state index in [0.29, 0.717) is 31.1 Å². The van der Waals surface area contributed by atoms with Gasteiger partial charge in [0.25, 0.3) is 0 Å². The van der Waals surface area contributed by atoms with Gasteiger partial charge >= 0.3 is 0 Å². The number of amides is 1. The lowest BCUT2D eigenvalue weighted by atomic mass is 10.1. The van der Waals surface area contributed by atoms with Gasteiger partial charge in [0.15, 0.2) is 11.5 Å². The van der Waals surface area contributed by atoms with Gasteiger partial charge in [0.05, 0.1) is 26.5 Å². The normalized spacial score (nSPS) is 10.7. The van der Waals surface area contributed by atoms with Crippen molar-refractivity contribution in [1.82, 2.24) is 5.43 Å². The topological polar surface area (TPSA) is 69.2 Å². The number of benzene rings is 2. The Morgan fingerprint density at radius 2 is 1.89 bits per heavy atom. The number of carbonyl (C=O) groups excluding carboxylic acids is 1. The minimum Gasteiger partial charge on any atom is -0.493 e. The van der Waals surface area contributed by atoms with Gasteiger partial charge in [-0.3, -0.25) is 4.79 Å². The molecule has 144 valence electrons. The summed E-state index contributed by atoms with van der Waals surface area (Å²) < 4.78 is 17.0. The largest absolute Gasteiger partial charge is 0.493 e. The van der Waals surface area contributed by atoms with Crippen molar-refractivity contribution >= 4 is 12.1 Å². The van der Waals surface area contributed by atoms with Crippen LogP contribution in [0.5, 0.6) is 17.2 Å². The van der Waals surface area contributed by atoms with Crippen LogP contribution in [0.25, 0.3) is 0 Å². The van der Waals surface area contributed by atoms with Crippen molar-refractivity contribution in [2.24, 2.45) is 5.10 Å². The molecule has 1 N–H and O–H groups in total. The Balaban J connectivity index is 1.91. The molecular weight excluding hydrogens is 344 g/mol. The second-order valence-electron chi connectivity index (χ2n) is 6.10. The molecule has 2 aromatic rings. The number of rotatable bonds is 9. The first kappa shape index (κ1) is 20.3. The van der Waals surface area contributed by atoms with Gasteiger partial charge in [0, 0.05) is 18.9 Å². The van der Waals surface area contributed by atoms with Gasteiger partial charge in [-0.2, -0.15) is 5.10 Å². The maximum Gasteiger partial charge on any atom is 0.236 e. The van der Waals surface area contributed by atoms with E-state index in [2.05, 4.69) is 30.4 Å². The average molecular weight is 370 g/mol. The van der Waals surface area contributed by atoms with Crippen LogP contribution in [-0.2, 0) is 4.79 Å². The highest BCUT2D eigenvalue weighted by Gasteiger charge is 2.09. The molecule has 0 unspecified atom stereocenters. The van der Waals surface area contributed by atoms with E-state index in [4.69, 9.17) is 14.2 Å². The molecule has 0 bridgehead atoms. The fourth-order valence-electron chi connectivity index (χ4n) is 2.37. The van der Waals surface area contributed by atoms with Crippen LogP contribution in [-0.4, -0.2) is 32.4 Å². The quantitative estimate of drug-likeness (QED) is 0.416. The number of ether oxygens (including phenoxy) is 3. The molecule has 0 radical (unpaired) electrons. The second-order valence-corrected chi connectivity index (χ2v) is 6.10. The number of nitrogens with one attached hydrogen (secondary N) is 1. The first-order valence-corrected chi connectivity index (χ1v) is 8.80. The van der Waals surface area contributed by atoms with Crippen molar-refractivity contribution in [2.75, 3.05) is 20.3 Å². The molecule has 0 aliphatic carbocycles. The Hall–Kier alpha value is -3.02. The number of hydrogen-bond acceptors (Lipinski definition) is 5. The highest BCUT2D eigenvalue weighted by molar-refractivity contribution is 5.86. The van der Waals surface area contributed by atoms with Gasteiger partial charge in [0.2, 0.25) is 5.91 Å². The van der Waals surface area contributed by atoms with Crippen molar-refractivity contribution in [3.63, 3.8) is 0 Å². The van der Waals surface area contributed by atoms with Crippen LogP contribution in [0.4, 0.5) is 0 Å². The van der Waals surface area contributed by atoms with E-state index >= 15 is 0 Å². The van der Waals surface area contributed by atoms with Crippen LogP contribution in [0, 0.1) is 13.8 Å². The summed E-state index contributed by atoms with van der Waals surface area (Å²) in [6.07, 6.45) is 2.25. The number of hydrazone groups is 1. The fraction of sp³-hybridized carbons (Fsp3) is 0.333. The first-order chi connectivity index (χ1) is 13.0. The second kappa shape index (κ2) is 10.2. The van der Waals surface area contributed by atoms with E-state index in [1.165, 1.54) is 24.3 Å². The zero-order valence-electron chi connectivity index (χ0n) is 16.2. The molecule has 0 saturated carbocycles. The zero-order chi connectivity index (χ0) is 19.6. The van der Waals surface area contributed by atoms with Crippen LogP contribution in [0.15, 0.2) is 41.5 Å². The van der Waals surface area contributed by atoms with E-state index in [0.717, 1.165) is 11.3 Å². The number of aryl methyl sites for hydroxylation is 2. The molecule has 0 fully saturated rings. The third kappa shape index (κ3) is 6.33. The number of methoxy groups -OCH3 is 1. The summed E-state index contributed by atoms with van der Waals surface area (Å²) in [7, 11) is 1.58. The highest BCUT2D eigenvalue weighted by atomic mass is 16.5. The van der Waals surface area contributed by atoms with Crippen LogP contribution < -0.4 is 19.6 Å². The Labute approximate surface area is 160 Å². The van der Waals surface area contributed by atoms with E-state index in [1.54, 1.807) is 7.11 Å². The molecule has 1 amide bonds. The number of carbonyl (C=O) groups is 1. The third-order valence-corrected chi connectivity index (χ3v) is 3.94. The minimum atomic E-state index is -0.236. The lowest BCUT2D eigenvalue weighted by Crippen LogP contribution is -2.12. The van der Waals surface area contributed by atoms with Gasteiger partial charge in [-0.25, -0.2) is 5.43 Å². The predicted molar refractivity (Wildman–Crippen MR) is 106 cm³/mol. The van der Waals surface area contributed by atoms with Gasteiger partial charge < -0.3 is 14.2 Å². The number of nitrogens with zero attached hydrogens (tertiary/aromatic N) is 1. The van der Waals surface area contributed by atoms with E-state index < -0.39 is 0 Å². The molecule has 2 aromatic carbocycles. The Morgan fingerprint density at radius 3 is 2.59 bits per heavy atom. The van der Waals surface area contributed by atoms with Crippen LogP contribution in [0.2, 0.25) is 0 Å². The van der Waals surface area contributed by atoms with E-state index in [9.17, 15) is 4.79 Å². The molecule has 0 saturated heterocycles. The van der Waals surface area contributed by atoms with Gasteiger partial charge in [-0.15, -0.1) is 0 Å². The standard InChI is InChI=1S/C21H26N2O4/c1-15-9-10-19(13-16(15)2)26-11-6-12-27-21-18(14-22-23-17(3)24)7-5-8-20(21)25-4/h5,7-10,13-14H,6,11-12H2,1-4H3,(H,23,24)/b22-14-. The Kier molecular flexibility index (Phi) is 7.67. The van der Waals surface area contributed by atoms with Gasteiger partial charge in [-0.1, -0.05) is 12.1 Å². The lowest BCUT2D eigenvalue weighted by molar-refractivity contribution is -0.118. The Bertz CT molecular complexity index is 803. The SMILES string of the molecule is COc1cccc(/C=N\NC(C)=O)c1OCCCOc1ccc(C)c(C)c1. The molecule has 0 aliphatic rings. The average Bonchev–Trinajstić information content (AvgIpc) is 2.64. The monoisotopic (exact) mass is 370 g/mol. The maximum absolute atomic E-state index is 10.9.